The zero-order valence-electron chi connectivity index (χ0n) is 14.5. The summed E-state index contributed by atoms with van der Waals surface area (Å²) in [5.41, 5.74) is 2.85. The first-order chi connectivity index (χ1) is 12.2. The summed E-state index contributed by atoms with van der Waals surface area (Å²) in [4.78, 5) is 16.2. The number of alkyl halides is 3. The van der Waals surface area contributed by atoms with Crippen LogP contribution < -0.4 is 5.32 Å². The van der Waals surface area contributed by atoms with E-state index in [-0.39, 0.29) is 6.15 Å². The van der Waals surface area contributed by atoms with Crippen molar-refractivity contribution in [3.05, 3.63) is 35.0 Å². The normalized spacial score (nSPS) is 12.0. The summed E-state index contributed by atoms with van der Waals surface area (Å²) < 4.78 is 39.6. The second kappa shape index (κ2) is 9.40. The molecule has 142 valence electrons. The molecule has 0 radical (unpaired) electrons. The molecule has 0 saturated heterocycles. The second-order valence-electron chi connectivity index (χ2n) is 5.35. The third-order valence-corrected chi connectivity index (χ3v) is 4.02. The minimum absolute atomic E-state index is 0.250. The molecule has 9 heteroatoms. The van der Waals surface area contributed by atoms with E-state index in [1.807, 2.05) is 18.5 Å². The zero-order valence-corrected chi connectivity index (χ0v) is 15.3. The third-order valence-electron chi connectivity index (χ3n) is 3.63. The number of carbonyl (C=O) groups excluding carboxylic acids is 2. The van der Waals surface area contributed by atoms with Gasteiger partial charge < -0.3 is 5.32 Å². The highest BCUT2D eigenvalue weighted by molar-refractivity contribution is 6.33. The summed E-state index contributed by atoms with van der Waals surface area (Å²) in [5.74, 6) is 0. The SMILES string of the molecule is CCc1nn(CC)c(-c2ccc(N[C@H](C)C(F)(F)F)cc2)c1Cl.O=C=O. The molecule has 1 aromatic carbocycles. The van der Waals surface area contributed by atoms with E-state index in [0.717, 1.165) is 30.3 Å². The number of anilines is 1. The molecule has 2 aromatic rings. The predicted molar refractivity (Wildman–Crippen MR) is 91.9 cm³/mol. The smallest absolute Gasteiger partial charge is 0.374 e. The highest BCUT2D eigenvalue weighted by Gasteiger charge is 2.35. The molecule has 0 spiro atoms. The molecule has 0 amide bonds. The lowest BCUT2D eigenvalue weighted by Crippen LogP contribution is -2.32. The highest BCUT2D eigenvalue weighted by atomic mass is 35.5. The Balaban J connectivity index is 0.00000105. The van der Waals surface area contributed by atoms with Crippen LogP contribution in [0.3, 0.4) is 0 Å². The zero-order chi connectivity index (χ0) is 19.9. The minimum Gasteiger partial charge on any atom is -0.374 e. The average Bonchev–Trinajstić information content (AvgIpc) is 2.91. The van der Waals surface area contributed by atoms with Crippen LogP contribution in [0.15, 0.2) is 24.3 Å². The van der Waals surface area contributed by atoms with Gasteiger partial charge in [0.15, 0.2) is 0 Å². The van der Waals surface area contributed by atoms with Crippen LogP contribution in [0, 0.1) is 0 Å². The highest BCUT2D eigenvalue weighted by Crippen LogP contribution is 2.32. The van der Waals surface area contributed by atoms with Crippen molar-refractivity contribution in [3.8, 4) is 11.3 Å². The van der Waals surface area contributed by atoms with Crippen molar-refractivity contribution >= 4 is 23.4 Å². The maximum atomic E-state index is 12.6. The lowest BCUT2D eigenvalue weighted by molar-refractivity contribution is -0.191. The Morgan fingerprint density at radius 3 is 2.19 bits per heavy atom. The summed E-state index contributed by atoms with van der Waals surface area (Å²) in [6.07, 6.45) is -3.31. The molecule has 2 rings (SSSR count). The molecular weight excluding hydrogens is 371 g/mol. The van der Waals surface area contributed by atoms with Gasteiger partial charge in [-0.15, -0.1) is 0 Å². The van der Waals surface area contributed by atoms with Gasteiger partial charge in [0.05, 0.1) is 16.4 Å². The Bertz CT molecular complexity index is 752. The first kappa shape index (κ1) is 21.7. The molecule has 0 aliphatic carbocycles. The number of nitrogens with one attached hydrogen (secondary N) is 1. The van der Waals surface area contributed by atoms with Gasteiger partial charge in [-0.25, -0.2) is 0 Å². The van der Waals surface area contributed by atoms with E-state index in [1.54, 1.807) is 24.3 Å². The Morgan fingerprint density at radius 2 is 1.77 bits per heavy atom. The monoisotopic (exact) mass is 389 g/mol. The largest absolute Gasteiger partial charge is 0.408 e. The fraction of sp³-hybridized carbons (Fsp3) is 0.412. The van der Waals surface area contributed by atoms with Crippen LogP contribution in [0.5, 0.6) is 0 Å². The van der Waals surface area contributed by atoms with Crippen molar-refractivity contribution in [2.75, 3.05) is 5.32 Å². The van der Waals surface area contributed by atoms with Crippen molar-refractivity contribution in [1.29, 1.82) is 0 Å². The van der Waals surface area contributed by atoms with Crippen molar-refractivity contribution < 1.29 is 22.8 Å². The number of nitrogens with zero attached hydrogens (tertiary/aromatic N) is 2. The molecule has 5 nitrogen and oxygen atoms in total. The number of rotatable bonds is 5. The van der Waals surface area contributed by atoms with Crippen LogP contribution in [-0.4, -0.2) is 28.2 Å². The maximum Gasteiger partial charge on any atom is 0.408 e. The quantitative estimate of drug-likeness (QED) is 0.813. The molecule has 0 fully saturated rings. The second-order valence-corrected chi connectivity index (χ2v) is 5.72. The van der Waals surface area contributed by atoms with Crippen molar-refractivity contribution in [1.82, 2.24) is 9.78 Å². The average molecular weight is 390 g/mol. The van der Waals surface area contributed by atoms with Crippen molar-refractivity contribution in [3.63, 3.8) is 0 Å². The summed E-state index contributed by atoms with van der Waals surface area (Å²) in [6.45, 7) is 5.70. The summed E-state index contributed by atoms with van der Waals surface area (Å²) in [5, 5.41) is 7.48. The predicted octanol–water partition coefficient (Wildman–Crippen LogP) is 4.57. The number of aromatic nitrogens is 2. The fourth-order valence-corrected chi connectivity index (χ4v) is 2.65. The Morgan fingerprint density at radius 1 is 1.23 bits per heavy atom. The molecule has 1 aromatic heterocycles. The molecule has 0 bridgehead atoms. The van der Waals surface area contributed by atoms with Crippen LogP contribution in [0.1, 0.15) is 26.5 Å². The van der Waals surface area contributed by atoms with Gasteiger partial charge in [0.1, 0.15) is 6.04 Å². The van der Waals surface area contributed by atoms with E-state index in [9.17, 15) is 13.2 Å². The Labute approximate surface area is 154 Å². The topological polar surface area (TPSA) is 64.0 Å². The number of hydrogen-bond acceptors (Lipinski definition) is 4. The van der Waals surface area contributed by atoms with Gasteiger partial charge in [-0.2, -0.15) is 27.9 Å². The maximum absolute atomic E-state index is 12.6. The summed E-state index contributed by atoms with van der Waals surface area (Å²) in [6, 6.07) is 5.13. The Hall–Kier alpha value is -2.31. The summed E-state index contributed by atoms with van der Waals surface area (Å²) >= 11 is 6.38. The van der Waals surface area contributed by atoms with Crippen LogP contribution in [0.2, 0.25) is 5.02 Å². The van der Waals surface area contributed by atoms with Crippen molar-refractivity contribution in [2.45, 2.75) is 46.0 Å². The molecule has 0 aliphatic rings. The van der Waals surface area contributed by atoms with Gasteiger partial charge in [0.2, 0.25) is 0 Å². The van der Waals surface area contributed by atoms with E-state index in [2.05, 4.69) is 10.4 Å². The van der Waals surface area contributed by atoms with Gasteiger partial charge in [0, 0.05) is 17.8 Å². The molecule has 0 saturated carbocycles. The number of halogens is 4. The van der Waals surface area contributed by atoms with E-state index < -0.39 is 12.2 Å². The van der Waals surface area contributed by atoms with Gasteiger partial charge in [0.25, 0.3) is 0 Å². The first-order valence-electron chi connectivity index (χ1n) is 7.87. The van der Waals surface area contributed by atoms with Gasteiger partial charge in [-0.05, 0) is 32.4 Å². The van der Waals surface area contributed by atoms with E-state index >= 15 is 0 Å². The molecule has 1 heterocycles. The van der Waals surface area contributed by atoms with Crippen LogP contribution in [0.25, 0.3) is 11.3 Å². The molecule has 0 unspecified atom stereocenters. The lowest BCUT2D eigenvalue weighted by Gasteiger charge is -2.18. The van der Waals surface area contributed by atoms with E-state index in [0.29, 0.717) is 17.3 Å². The Kier molecular flexibility index (Phi) is 7.86. The van der Waals surface area contributed by atoms with Crippen LogP contribution in [-0.2, 0) is 22.6 Å². The first-order valence-corrected chi connectivity index (χ1v) is 8.25. The number of benzene rings is 1. The van der Waals surface area contributed by atoms with Crippen LogP contribution >= 0.6 is 11.6 Å². The third kappa shape index (κ3) is 5.34. The molecule has 26 heavy (non-hydrogen) atoms. The molecular formula is C17H19ClF3N3O2. The molecule has 1 atom stereocenters. The van der Waals surface area contributed by atoms with Gasteiger partial charge >= 0.3 is 12.3 Å². The van der Waals surface area contributed by atoms with E-state index in [1.165, 1.54) is 0 Å². The van der Waals surface area contributed by atoms with Crippen LogP contribution in [0.4, 0.5) is 18.9 Å². The number of hydrogen-bond donors (Lipinski definition) is 1. The minimum atomic E-state index is -4.28. The van der Waals surface area contributed by atoms with Gasteiger partial charge in [-0.3, -0.25) is 4.68 Å². The lowest BCUT2D eigenvalue weighted by atomic mass is 10.1. The summed E-state index contributed by atoms with van der Waals surface area (Å²) in [7, 11) is 0. The van der Waals surface area contributed by atoms with Crippen molar-refractivity contribution in [2.24, 2.45) is 0 Å². The molecule has 1 N–H and O–H groups in total. The fourth-order valence-electron chi connectivity index (χ4n) is 2.28. The number of aryl methyl sites for hydroxylation is 2. The van der Waals surface area contributed by atoms with E-state index in [4.69, 9.17) is 21.2 Å². The standard InChI is InChI=1S/C16H19ClF3N3.CO2/c1-4-13-14(17)15(23(5-2)22-13)11-6-8-12(9-7-11)21-10(3)16(18,19)20;2-1-3/h6-10,21H,4-5H2,1-3H3;/t10-;/m1./s1. The molecule has 0 aliphatic heterocycles. The van der Waals surface area contributed by atoms with Gasteiger partial charge in [-0.1, -0.05) is 30.7 Å².